The lowest BCUT2D eigenvalue weighted by molar-refractivity contribution is 0.818. The maximum absolute atomic E-state index is 12.1. The van der Waals surface area contributed by atoms with Crippen molar-refractivity contribution in [1.82, 2.24) is 18.6 Å². The van der Waals surface area contributed by atoms with Gasteiger partial charge in [0.15, 0.2) is 11.2 Å². The summed E-state index contributed by atoms with van der Waals surface area (Å²) in [5.74, 6) is -0.0656. The molecule has 0 aliphatic carbocycles. The molecule has 3 rings (SSSR count). The van der Waals surface area contributed by atoms with Gasteiger partial charge in [0.05, 0.1) is 6.33 Å². The van der Waals surface area contributed by atoms with Crippen LogP contribution in [-0.4, -0.2) is 18.6 Å². The number of imidazole rings is 1. The van der Waals surface area contributed by atoms with E-state index in [-0.39, 0.29) is 5.95 Å². The maximum atomic E-state index is 12.1. The highest BCUT2D eigenvalue weighted by molar-refractivity contribution is 6.16. The molecule has 0 bridgehead atoms. The van der Waals surface area contributed by atoms with Gasteiger partial charge in [-0.1, -0.05) is 30.3 Å². The van der Waals surface area contributed by atoms with E-state index in [9.17, 15) is 4.79 Å². The van der Waals surface area contributed by atoms with Crippen LogP contribution in [0.5, 0.6) is 0 Å². The summed E-state index contributed by atoms with van der Waals surface area (Å²) in [5, 5.41) is 0. The summed E-state index contributed by atoms with van der Waals surface area (Å²) in [6, 6.07) is 9.74. The fourth-order valence-electron chi connectivity index (χ4n) is 1.92. The molecule has 0 aliphatic rings. The zero-order valence-electron chi connectivity index (χ0n) is 9.82. The third-order valence-electron chi connectivity index (χ3n) is 2.82. The third kappa shape index (κ3) is 1.96. The van der Waals surface area contributed by atoms with E-state index in [1.807, 2.05) is 30.3 Å². The van der Waals surface area contributed by atoms with Crippen LogP contribution in [0.1, 0.15) is 5.56 Å². The standard InChI is InChI=1S/C12H10ClN5O/c13-18-11(19)9-10(16-12(18)14)15-7-17(9)6-8-4-2-1-3-5-8/h1-5,7H,6H2,(H2,14,16). The van der Waals surface area contributed by atoms with Crippen LogP contribution in [0.15, 0.2) is 41.5 Å². The van der Waals surface area contributed by atoms with E-state index in [1.165, 1.54) is 0 Å². The third-order valence-corrected chi connectivity index (χ3v) is 3.14. The summed E-state index contributed by atoms with van der Waals surface area (Å²) in [6.45, 7) is 0.523. The number of aromatic nitrogens is 4. The second-order valence-corrected chi connectivity index (χ2v) is 4.42. The first-order valence-corrected chi connectivity index (χ1v) is 5.94. The number of anilines is 1. The largest absolute Gasteiger partial charge is 0.368 e. The second kappa shape index (κ2) is 4.40. The molecule has 0 saturated heterocycles. The smallest absolute Gasteiger partial charge is 0.296 e. The molecule has 0 spiro atoms. The Morgan fingerprint density at radius 1 is 1.26 bits per heavy atom. The number of hydrogen-bond donors (Lipinski definition) is 1. The first-order valence-electron chi connectivity index (χ1n) is 5.60. The molecule has 0 atom stereocenters. The minimum atomic E-state index is -0.419. The van der Waals surface area contributed by atoms with Crippen molar-refractivity contribution in [3.8, 4) is 0 Å². The molecule has 0 amide bonds. The van der Waals surface area contributed by atoms with Crippen molar-refractivity contribution in [2.75, 3.05) is 5.73 Å². The minimum Gasteiger partial charge on any atom is -0.368 e. The SMILES string of the molecule is Nc1nc2ncn(Cc3ccccc3)c2c(=O)n1Cl. The molecule has 0 unspecified atom stereocenters. The van der Waals surface area contributed by atoms with Gasteiger partial charge in [-0.25, -0.2) is 4.98 Å². The highest BCUT2D eigenvalue weighted by Gasteiger charge is 2.13. The number of nitrogen functional groups attached to an aromatic ring is 1. The van der Waals surface area contributed by atoms with Crippen LogP contribution in [0.25, 0.3) is 11.2 Å². The number of hydrogen-bond acceptors (Lipinski definition) is 4. The molecule has 0 saturated carbocycles. The fraction of sp³-hybridized carbons (Fsp3) is 0.0833. The van der Waals surface area contributed by atoms with Crippen LogP contribution in [0.3, 0.4) is 0 Å². The summed E-state index contributed by atoms with van der Waals surface area (Å²) in [5.41, 5.74) is 6.80. The predicted octanol–water partition coefficient (Wildman–Crippen LogP) is 1.23. The average Bonchev–Trinajstić information content (AvgIpc) is 2.80. The molecule has 0 fully saturated rings. The molecule has 2 heterocycles. The summed E-state index contributed by atoms with van der Waals surface area (Å²) in [6.07, 6.45) is 1.56. The zero-order valence-corrected chi connectivity index (χ0v) is 10.6. The lowest BCUT2D eigenvalue weighted by Gasteiger charge is -2.04. The van der Waals surface area contributed by atoms with Gasteiger partial charge in [-0.2, -0.15) is 9.07 Å². The minimum absolute atomic E-state index is 0.0656. The van der Waals surface area contributed by atoms with Crippen molar-refractivity contribution in [1.29, 1.82) is 0 Å². The van der Waals surface area contributed by atoms with Gasteiger partial charge in [0.25, 0.3) is 5.56 Å². The number of halogens is 1. The van der Waals surface area contributed by atoms with Crippen LogP contribution < -0.4 is 11.3 Å². The first-order chi connectivity index (χ1) is 9.16. The molecule has 96 valence electrons. The van der Waals surface area contributed by atoms with E-state index >= 15 is 0 Å². The molecule has 0 radical (unpaired) electrons. The van der Waals surface area contributed by atoms with Gasteiger partial charge < -0.3 is 10.3 Å². The lowest BCUT2D eigenvalue weighted by Crippen LogP contribution is -2.20. The molecule has 7 heteroatoms. The lowest BCUT2D eigenvalue weighted by atomic mass is 10.2. The number of benzene rings is 1. The molecule has 2 N–H and O–H groups in total. The second-order valence-electron chi connectivity index (χ2n) is 4.09. The van der Waals surface area contributed by atoms with Crippen molar-refractivity contribution in [2.45, 2.75) is 6.54 Å². The highest BCUT2D eigenvalue weighted by Crippen LogP contribution is 2.11. The van der Waals surface area contributed by atoms with Crippen LogP contribution in [0, 0.1) is 0 Å². The van der Waals surface area contributed by atoms with E-state index in [1.54, 1.807) is 10.9 Å². The molecule has 3 aromatic rings. The highest BCUT2D eigenvalue weighted by atomic mass is 35.5. The molecule has 6 nitrogen and oxygen atoms in total. The van der Waals surface area contributed by atoms with E-state index in [0.717, 1.165) is 9.65 Å². The van der Waals surface area contributed by atoms with Crippen LogP contribution in [-0.2, 0) is 6.54 Å². The quantitative estimate of drug-likeness (QED) is 0.763. The average molecular weight is 276 g/mol. The van der Waals surface area contributed by atoms with Crippen molar-refractivity contribution in [3.63, 3.8) is 0 Å². The van der Waals surface area contributed by atoms with Gasteiger partial charge in [-0.05, 0) is 5.56 Å². The van der Waals surface area contributed by atoms with Crippen molar-refractivity contribution in [3.05, 3.63) is 52.6 Å². The molecule has 2 aromatic heterocycles. The predicted molar refractivity (Wildman–Crippen MR) is 73.0 cm³/mol. The Morgan fingerprint density at radius 3 is 2.74 bits per heavy atom. The van der Waals surface area contributed by atoms with Crippen molar-refractivity contribution >= 4 is 28.9 Å². The van der Waals surface area contributed by atoms with Crippen molar-refractivity contribution < 1.29 is 0 Å². The Labute approximate surface area is 113 Å². The topological polar surface area (TPSA) is 78.7 Å². The molecule has 1 aromatic carbocycles. The Bertz CT molecular complexity index is 793. The normalized spacial score (nSPS) is 11.0. The summed E-state index contributed by atoms with van der Waals surface area (Å²) in [4.78, 5) is 20.1. The Morgan fingerprint density at radius 2 is 2.00 bits per heavy atom. The maximum Gasteiger partial charge on any atom is 0.296 e. The Balaban J connectivity index is 2.16. The number of nitrogens with two attached hydrogens (primary N) is 1. The molecular formula is C12H10ClN5O. The van der Waals surface area contributed by atoms with Crippen LogP contribution in [0.4, 0.5) is 5.95 Å². The monoisotopic (exact) mass is 275 g/mol. The summed E-state index contributed by atoms with van der Waals surface area (Å²) >= 11 is 5.76. The fourth-order valence-corrected chi connectivity index (χ4v) is 2.04. The molecule has 0 aliphatic heterocycles. The molecule has 19 heavy (non-hydrogen) atoms. The number of fused-ring (bicyclic) bond motifs is 1. The molecular weight excluding hydrogens is 266 g/mol. The van der Waals surface area contributed by atoms with Gasteiger partial charge in [0.2, 0.25) is 5.95 Å². The zero-order chi connectivity index (χ0) is 13.4. The van der Waals surface area contributed by atoms with Gasteiger partial charge in [-0.3, -0.25) is 4.79 Å². The Hall–Kier alpha value is -2.34. The van der Waals surface area contributed by atoms with E-state index < -0.39 is 5.56 Å². The van der Waals surface area contributed by atoms with Crippen molar-refractivity contribution in [2.24, 2.45) is 0 Å². The van der Waals surface area contributed by atoms with E-state index in [4.69, 9.17) is 17.5 Å². The van der Waals surface area contributed by atoms with Gasteiger partial charge in [-0.15, -0.1) is 0 Å². The summed E-state index contributed by atoms with van der Waals surface area (Å²) in [7, 11) is 0. The summed E-state index contributed by atoms with van der Waals surface area (Å²) < 4.78 is 2.50. The number of nitrogens with zero attached hydrogens (tertiary/aromatic N) is 4. The van der Waals surface area contributed by atoms with Gasteiger partial charge >= 0.3 is 0 Å². The van der Waals surface area contributed by atoms with E-state index in [0.29, 0.717) is 17.7 Å². The van der Waals surface area contributed by atoms with E-state index in [2.05, 4.69) is 9.97 Å². The first kappa shape index (κ1) is 11.7. The van der Waals surface area contributed by atoms with Crippen LogP contribution >= 0.6 is 11.8 Å². The Kier molecular flexibility index (Phi) is 2.72. The number of rotatable bonds is 2. The van der Waals surface area contributed by atoms with Gasteiger partial charge in [0, 0.05) is 18.3 Å². The van der Waals surface area contributed by atoms with Crippen LogP contribution in [0.2, 0.25) is 0 Å². The van der Waals surface area contributed by atoms with Gasteiger partial charge in [0.1, 0.15) is 0 Å².